The van der Waals surface area contributed by atoms with Crippen molar-refractivity contribution in [2.24, 2.45) is 0 Å². The molecule has 3 nitrogen and oxygen atoms in total. The Bertz CT molecular complexity index is 389. The van der Waals surface area contributed by atoms with Gasteiger partial charge in [0, 0.05) is 6.20 Å². The number of hydrogen-bond acceptors (Lipinski definition) is 2. The van der Waals surface area contributed by atoms with E-state index in [4.69, 9.17) is 0 Å². The number of hydrogen-bond donors (Lipinski definition) is 0. The minimum Gasteiger partial charge on any atom is -0.221 e. The Hall–Kier alpha value is -1.38. The number of aryl methyl sites for hydroxylation is 2. The van der Waals surface area contributed by atoms with Crippen molar-refractivity contribution in [3.05, 3.63) is 29.7 Å². The summed E-state index contributed by atoms with van der Waals surface area (Å²) in [4.78, 5) is 4.23. The molecule has 2 heterocycles. The van der Waals surface area contributed by atoms with Gasteiger partial charge >= 0.3 is 0 Å². The largest absolute Gasteiger partial charge is 0.221 e. The SMILES string of the molecule is Cc1ccn2nc(C)nc2c1. The van der Waals surface area contributed by atoms with Gasteiger partial charge in [-0.05, 0) is 31.5 Å². The molecule has 0 N–H and O–H groups in total. The third-order valence-electron chi connectivity index (χ3n) is 1.60. The predicted molar refractivity (Wildman–Crippen MR) is 42.5 cm³/mol. The van der Waals surface area contributed by atoms with E-state index in [9.17, 15) is 0 Å². The molecular formula is C8H9N3. The standard InChI is InChI=1S/C8H9N3/c1-6-3-4-11-8(5-6)9-7(2)10-11/h3-5H,1-2H3. The van der Waals surface area contributed by atoms with Crippen molar-refractivity contribution in [2.75, 3.05) is 0 Å². The molecule has 0 aliphatic heterocycles. The summed E-state index contributed by atoms with van der Waals surface area (Å²) in [6, 6.07) is 4.03. The minimum absolute atomic E-state index is 0.815. The molecule has 0 radical (unpaired) electrons. The lowest BCUT2D eigenvalue weighted by Crippen LogP contribution is -1.86. The molecule has 56 valence electrons. The zero-order chi connectivity index (χ0) is 7.84. The molecule has 0 atom stereocenters. The molecule has 2 aromatic rings. The summed E-state index contributed by atoms with van der Waals surface area (Å²) in [5.74, 6) is 0.815. The van der Waals surface area contributed by atoms with Crippen LogP contribution in [0, 0.1) is 13.8 Å². The highest BCUT2D eigenvalue weighted by molar-refractivity contribution is 5.39. The van der Waals surface area contributed by atoms with Gasteiger partial charge in [0.15, 0.2) is 5.65 Å². The summed E-state index contributed by atoms with van der Waals surface area (Å²) in [6.45, 7) is 3.94. The molecule has 0 spiro atoms. The topological polar surface area (TPSA) is 30.2 Å². The Morgan fingerprint density at radius 3 is 3.00 bits per heavy atom. The number of aromatic nitrogens is 3. The van der Waals surface area contributed by atoms with Crippen molar-refractivity contribution in [1.29, 1.82) is 0 Å². The average molecular weight is 147 g/mol. The maximum atomic E-state index is 4.23. The zero-order valence-corrected chi connectivity index (χ0v) is 6.57. The van der Waals surface area contributed by atoms with E-state index in [1.54, 1.807) is 4.52 Å². The van der Waals surface area contributed by atoms with E-state index < -0.39 is 0 Å². The van der Waals surface area contributed by atoms with Crippen LogP contribution >= 0.6 is 0 Å². The van der Waals surface area contributed by atoms with E-state index in [-0.39, 0.29) is 0 Å². The Morgan fingerprint density at radius 2 is 2.18 bits per heavy atom. The van der Waals surface area contributed by atoms with Crippen LogP contribution in [0.25, 0.3) is 5.65 Å². The normalized spacial score (nSPS) is 10.7. The fourth-order valence-electron chi connectivity index (χ4n) is 1.09. The van der Waals surface area contributed by atoms with E-state index in [1.165, 1.54) is 5.56 Å². The molecule has 3 heteroatoms. The van der Waals surface area contributed by atoms with Crippen molar-refractivity contribution < 1.29 is 0 Å². The molecule has 0 unspecified atom stereocenters. The molecule has 0 aromatic carbocycles. The lowest BCUT2D eigenvalue weighted by molar-refractivity contribution is 0.928. The monoisotopic (exact) mass is 147 g/mol. The van der Waals surface area contributed by atoms with Gasteiger partial charge in [-0.25, -0.2) is 9.50 Å². The van der Waals surface area contributed by atoms with Crippen molar-refractivity contribution in [2.45, 2.75) is 13.8 Å². The van der Waals surface area contributed by atoms with E-state index in [0.29, 0.717) is 0 Å². The highest BCUT2D eigenvalue weighted by atomic mass is 15.3. The lowest BCUT2D eigenvalue weighted by atomic mass is 10.3. The second kappa shape index (κ2) is 2.05. The molecule has 2 rings (SSSR count). The van der Waals surface area contributed by atoms with Gasteiger partial charge < -0.3 is 0 Å². The summed E-state index contributed by atoms with van der Waals surface area (Å²) >= 11 is 0. The molecule has 11 heavy (non-hydrogen) atoms. The molecule has 0 saturated carbocycles. The molecule has 0 amide bonds. The van der Waals surface area contributed by atoms with Crippen molar-refractivity contribution in [3.8, 4) is 0 Å². The van der Waals surface area contributed by atoms with Gasteiger partial charge in [-0.3, -0.25) is 0 Å². The molecule has 0 aliphatic carbocycles. The zero-order valence-electron chi connectivity index (χ0n) is 6.57. The lowest BCUT2D eigenvalue weighted by Gasteiger charge is -1.90. The van der Waals surface area contributed by atoms with Crippen LogP contribution in [0.1, 0.15) is 11.4 Å². The summed E-state index contributed by atoms with van der Waals surface area (Å²) in [6.07, 6.45) is 1.92. The van der Waals surface area contributed by atoms with Gasteiger partial charge in [-0.15, -0.1) is 0 Å². The fraction of sp³-hybridized carbons (Fsp3) is 0.250. The molecular weight excluding hydrogens is 138 g/mol. The van der Waals surface area contributed by atoms with E-state index in [2.05, 4.69) is 10.1 Å². The quantitative estimate of drug-likeness (QED) is 0.563. The van der Waals surface area contributed by atoms with Crippen LogP contribution in [0.5, 0.6) is 0 Å². The smallest absolute Gasteiger partial charge is 0.155 e. The maximum absolute atomic E-state index is 4.23. The van der Waals surface area contributed by atoms with Crippen molar-refractivity contribution >= 4 is 5.65 Å². The second-order valence-electron chi connectivity index (χ2n) is 2.67. The number of fused-ring (bicyclic) bond motifs is 1. The van der Waals surface area contributed by atoms with E-state index in [0.717, 1.165) is 11.5 Å². The predicted octanol–water partition coefficient (Wildman–Crippen LogP) is 1.35. The summed E-state index contributed by atoms with van der Waals surface area (Å²) in [7, 11) is 0. The van der Waals surface area contributed by atoms with Gasteiger partial charge in [-0.1, -0.05) is 0 Å². The summed E-state index contributed by atoms with van der Waals surface area (Å²) < 4.78 is 1.78. The first-order valence-corrected chi connectivity index (χ1v) is 3.55. The highest BCUT2D eigenvalue weighted by Gasteiger charge is 1.96. The van der Waals surface area contributed by atoms with E-state index in [1.807, 2.05) is 32.2 Å². The van der Waals surface area contributed by atoms with Crippen LogP contribution in [0.4, 0.5) is 0 Å². The number of pyridine rings is 1. The Labute approximate surface area is 64.7 Å². The Morgan fingerprint density at radius 1 is 1.36 bits per heavy atom. The Balaban J connectivity index is 2.82. The van der Waals surface area contributed by atoms with Gasteiger partial charge in [0.2, 0.25) is 0 Å². The number of rotatable bonds is 0. The highest BCUT2D eigenvalue weighted by Crippen LogP contribution is 2.03. The van der Waals surface area contributed by atoms with Crippen LogP contribution in [-0.4, -0.2) is 14.6 Å². The van der Waals surface area contributed by atoms with Crippen molar-refractivity contribution in [1.82, 2.24) is 14.6 Å². The van der Waals surface area contributed by atoms with Crippen LogP contribution in [0.15, 0.2) is 18.3 Å². The molecule has 0 fully saturated rings. The van der Waals surface area contributed by atoms with Crippen LogP contribution in [0.2, 0.25) is 0 Å². The van der Waals surface area contributed by atoms with Crippen LogP contribution < -0.4 is 0 Å². The van der Waals surface area contributed by atoms with Gasteiger partial charge in [0.05, 0.1) is 0 Å². The van der Waals surface area contributed by atoms with Gasteiger partial charge in [-0.2, -0.15) is 5.10 Å². The third-order valence-corrected chi connectivity index (χ3v) is 1.60. The first kappa shape index (κ1) is 6.34. The molecule has 0 saturated heterocycles. The second-order valence-corrected chi connectivity index (χ2v) is 2.67. The van der Waals surface area contributed by atoms with E-state index >= 15 is 0 Å². The van der Waals surface area contributed by atoms with Crippen molar-refractivity contribution in [3.63, 3.8) is 0 Å². The van der Waals surface area contributed by atoms with Gasteiger partial charge in [0.25, 0.3) is 0 Å². The van der Waals surface area contributed by atoms with Crippen LogP contribution in [-0.2, 0) is 0 Å². The summed E-state index contributed by atoms with van der Waals surface area (Å²) in [5.41, 5.74) is 2.13. The average Bonchev–Trinajstić information content (AvgIpc) is 2.27. The third kappa shape index (κ3) is 0.981. The Kier molecular flexibility index (Phi) is 1.18. The molecule has 2 aromatic heterocycles. The molecule has 0 bridgehead atoms. The maximum Gasteiger partial charge on any atom is 0.155 e. The molecule has 0 aliphatic rings. The minimum atomic E-state index is 0.815. The van der Waals surface area contributed by atoms with Crippen LogP contribution in [0.3, 0.4) is 0 Å². The fourth-order valence-corrected chi connectivity index (χ4v) is 1.09. The van der Waals surface area contributed by atoms with Gasteiger partial charge in [0.1, 0.15) is 5.82 Å². The first-order chi connectivity index (χ1) is 5.25. The summed E-state index contributed by atoms with van der Waals surface area (Å²) in [5, 5.41) is 4.16. The first-order valence-electron chi connectivity index (χ1n) is 3.55. The number of nitrogens with zero attached hydrogens (tertiary/aromatic N) is 3.